The molecule has 2 aromatic heterocycles. The van der Waals surface area contributed by atoms with E-state index in [2.05, 4.69) is 32.0 Å². The normalized spacial score (nSPS) is 18.5. The number of benzene rings is 1. The minimum atomic E-state index is -0.743. The van der Waals surface area contributed by atoms with Crippen molar-refractivity contribution in [2.75, 3.05) is 18.0 Å². The lowest BCUT2D eigenvalue weighted by Gasteiger charge is -2.29. The summed E-state index contributed by atoms with van der Waals surface area (Å²) in [6.07, 6.45) is 2.64. The van der Waals surface area contributed by atoms with Gasteiger partial charge in [-0.3, -0.25) is 0 Å². The standard InChI is InChI=1S/C17H15BrFN3S/c18-12-4-5-14-15(8-12)23-17(21-14)11-3-6-16(20-9-11)22-7-1-2-13(19)10-22/h3-6,8-9,13H,1-2,7,10H2. The number of pyridine rings is 1. The van der Waals surface area contributed by atoms with Crippen LogP contribution in [0.2, 0.25) is 0 Å². The Balaban J connectivity index is 1.61. The van der Waals surface area contributed by atoms with Crippen LogP contribution in [0.3, 0.4) is 0 Å². The maximum atomic E-state index is 13.5. The van der Waals surface area contributed by atoms with E-state index in [-0.39, 0.29) is 0 Å². The van der Waals surface area contributed by atoms with E-state index in [1.165, 1.54) is 0 Å². The summed E-state index contributed by atoms with van der Waals surface area (Å²) < 4.78 is 15.7. The lowest BCUT2D eigenvalue weighted by atomic mass is 10.1. The van der Waals surface area contributed by atoms with Crippen molar-refractivity contribution in [2.24, 2.45) is 0 Å². The first-order valence-corrected chi connectivity index (χ1v) is 9.21. The fourth-order valence-corrected chi connectivity index (χ4v) is 4.36. The van der Waals surface area contributed by atoms with Gasteiger partial charge in [0, 0.05) is 22.8 Å². The summed E-state index contributed by atoms with van der Waals surface area (Å²) in [5.41, 5.74) is 1.99. The van der Waals surface area contributed by atoms with Gasteiger partial charge in [-0.1, -0.05) is 15.9 Å². The lowest BCUT2D eigenvalue weighted by molar-refractivity contribution is 0.286. The fourth-order valence-electron chi connectivity index (χ4n) is 2.85. The monoisotopic (exact) mass is 391 g/mol. The smallest absolute Gasteiger partial charge is 0.128 e. The Kier molecular flexibility index (Phi) is 4.03. The van der Waals surface area contributed by atoms with Gasteiger partial charge in [0.05, 0.1) is 16.8 Å². The van der Waals surface area contributed by atoms with Crippen molar-refractivity contribution in [3.63, 3.8) is 0 Å². The molecular formula is C17H15BrFN3S. The van der Waals surface area contributed by atoms with E-state index < -0.39 is 6.17 Å². The van der Waals surface area contributed by atoms with Gasteiger partial charge in [-0.25, -0.2) is 14.4 Å². The summed E-state index contributed by atoms with van der Waals surface area (Å²) >= 11 is 5.14. The summed E-state index contributed by atoms with van der Waals surface area (Å²) in [4.78, 5) is 11.2. The number of rotatable bonds is 2. The molecule has 1 aliphatic heterocycles. The van der Waals surface area contributed by atoms with Crippen molar-refractivity contribution in [2.45, 2.75) is 19.0 Å². The highest BCUT2D eigenvalue weighted by atomic mass is 79.9. The number of piperidine rings is 1. The van der Waals surface area contributed by atoms with Crippen LogP contribution in [0.15, 0.2) is 41.0 Å². The molecule has 3 heterocycles. The summed E-state index contributed by atoms with van der Waals surface area (Å²) in [5, 5.41) is 0.958. The molecule has 23 heavy (non-hydrogen) atoms. The molecule has 118 valence electrons. The number of anilines is 1. The van der Waals surface area contributed by atoms with Crippen molar-refractivity contribution < 1.29 is 4.39 Å². The maximum absolute atomic E-state index is 13.5. The summed E-state index contributed by atoms with van der Waals surface area (Å²) in [6, 6.07) is 10.1. The largest absolute Gasteiger partial charge is 0.354 e. The zero-order chi connectivity index (χ0) is 15.8. The van der Waals surface area contributed by atoms with Crippen LogP contribution >= 0.6 is 27.3 Å². The molecule has 1 unspecified atom stereocenters. The van der Waals surface area contributed by atoms with E-state index in [9.17, 15) is 4.39 Å². The molecule has 0 radical (unpaired) electrons. The topological polar surface area (TPSA) is 29.0 Å². The zero-order valence-electron chi connectivity index (χ0n) is 12.4. The Hall–Kier alpha value is -1.53. The fraction of sp³-hybridized carbons (Fsp3) is 0.294. The Morgan fingerprint density at radius 1 is 1.26 bits per heavy atom. The lowest BCUT2D eigenvalue weighted by Crippen LogP contribution is -2.36. The molecule has 4 rings (SSSR count). The van der Waals surface area contributed by atoms with Gasteiger partial charge >= 0.3 is 0 Å². The van der Waals surface area contributed by atoms with Crippen LogP contribution in [0, 0.1) is 0 Å². The van der Waals surface area contributed by atoms with E-state index in [1.807, 2.05) is 35.4 Å². The molecule has 0 amide bonds. The Labute approximate surface area is 146 Å². The molecule has 0 saturated carbocycles. The zero-order valence-corrected chi connectivity index (χ0v) is 14.8. The van der Waals surface area contributed by atoms with Gasteiger partial charge in [-0.2, -0.15) is 0 Å². The van der Waals surface area contributed by atoms with Crippen molar-refractivity contribution >= 4 is 43.3 Å². The molecule has 1 aromatic carbocycles. The van der Waals surface area contributed by atoms with Gasteiger partial charge in [-0.15, -0.1) is 11.3 Å². The number of fused-ring (bicyclic) bond motifs is 1. The summed E-state index contributed by atoms with van der Waals surface area (Å²) in [7, 11) is 0. The SMILES string of the molecule is FC1CCCN(c2ccc(-c3nc4ccc(Br)cc4s3)cn2)C1. The molecule has 0 bridgehead atoms. The first-order chi connectivity index (χ1) is 11.2. The third-order valence-corrected chi connectivity index (χ3v) is 5.59. The van der Waals surface area contributed by atoms with Crippen LogP contribution < -0.4 is 4.90 Å². The maximum Gasteiger partial charge on any atom is 0.128 e. The van der Waals surface area contributed by atoms with Crippen LogP contribution in [-0.4, -0.2) is 29.2 Å². The molecule has 0 aliphatic carbocycles. The van der Waals surface area contributed by atoms with Crippen molar-refractivity contribution in [1.29, 1.82) is 0 Å². The first kappa shape index (κ1) is 15.0. The number of halogens is 2. The molecule has 3 aromatic rings. The molecule has 1 atom stereocenters. The summed E-state index contributed by atoms with van der Waals surface area (Å²) in [5.74, 6) is 0.847. The van der Waals surface area contributed by atoms with Crippen LogP contribution in [0.5, 0.6) is 0 Å². The molecular weight excluding hydrogens is 377 g/mol. The van der Waals surface area contributed by atoms with Crippen LogP contribution in [-0.2, 0) is 0 Å². The van der Waals surface area contributed by atoms with Crippen LogP contribution in [0.4, 0.5) is 10.2 Å². The van der Waals surface area contributed by atoms with E-state index >= 15 is 0 Å². The molecule has 1 fully saturated rings. The number of thiazole rings is 1. The van der Waals surface area contributed by atoms with Crippen molar-refractivity contribution in [3.05, 3.63) is 41.0 Å². The second-order valence-electron chi connectivity index (χ2n) is 5.72. The molecule has 0 N–H and O–H groups in total. The average molecular weight is 392 g/mol. The average Bonchev–Trinajstić information content (AvgIpc) is 2.98. The quantitative estimate of drug-likeness (QED) is 0.611. The number of hydrogen-bond acceptors (Lipinski definition) is 4. The van der Waals surface area contributed by atoms with E-state index in [4.69, 9.17) is 0 Å². The van der Waals surface area contributed by atoms with Crippen LogP contribution in [0.25, 0.3) is 20.8 Å². The van der Waals surface area contributed by atoms with Gasteiger partial charge in [0.2, 0.25) is 0 Å². The van der Waals surface area contributed by atoms with Crippen LogP contribution in [0.1, 0.15) is 12.8 Å². The Morgan fingerprint density at radius 3 is 2.96 bits per heavy atom. The molecule has 0 spiro atoms. The second-order valence-corrected chi connectivity index (χ2v) is 7.67. The minimum absolute atomic E-state index is 0.446. The van der Waals surface area contributed by atoms with Crippen molar-refractivity contribution in [1.82, 2.24) is 9.97 Å². The number of alkyl halides is 1. The van der Waals surface area contributed by atoms with E-state index in [0.717, 1.165) is 44.0 Å². The highest BCUT2D eigenvalue weighted by Crippen LogP contribution is 2.32. The van der Waals surface area contributed by atoms with Gasteiger partial charge in [0.15, 0.2) is 0 Å². The number of aromatic nitrogens is 2. The molecule has 6 heteroatoms. The van der Waals surface area contributed by atoms with E-state index in [1.54, 1.807) is 11.3 Å². The Bertz CT molecular complexity index is 833. The van der Waals surface area contributed by atoms with Crippen molar-refractivity contribution in [3.8, 4) is 10.6 Å². The third kappa shape index (κ3) is 3.10. The third-order valence-electron chi connectivity index (χ3n) is 4.03. The second kappa shape index (κ2) is 6.17. The predicted molar refractivity (Wildman–Crippen MR) is 96.9 cm³/mol. The van der Waals surface area contributed by atoms with Gasteiger partial charge in [0.25, 0.3) is 0 Å². The number of nitrogens with zero attached hydrogens (tertiary/aromatic N) is 3. The molecule has 3 nitrogen and oxygen atoms in total. The minimum Gasteiger partial charge on any atom is -0.354 e. The first-order valence-electron chi connectivity index (χ1n) is 7.60. The summed E-state index contributed by atoms with van der Waals surface area (Å²) in [6.45, 7) is 1.32. The highest BCUT2D eigenvalue weighted by molar-refractivity contribution is 9.10. The van der Waals surface area contributed by atoms with Gasteiger partial charge in [0.1, 0.15) is 17.0 Å². The molecule has 1 aliphatic rings. The van der Waals surface area contributed by atoms with Gasteiger partial charge < -0.3 is 4.90 Å². The van der Waals surface area contributed by atoms with E-state index in [0.29, 0.717) is 13.0 Å². The van der Waals surface area contributed by atoms with Gasteiger partial charge in [-0.05, 0) is 43.2 Å². The number of hydrogen-bond donors (Lipinski definition) is 0. The predicted octanol–water partition coefficient (Wildman–Crippen LogP) is 5.06. The highest BCUT2D eigenvalue weighted by Gasteiger charge is 2.20. The Morgan fingerprint density at radius 2 is 2.17 bits per heavy atom. The molecule has 1 saturated heterocycles.